The van der Waals surface area contributed by atoms with Gasteiger partial charge in [-0.2, -0.15) is 0 Å². The summed E-state index contributed by atoms with van der Waals surface area (Å²) in [6, 6.07) is 2.01. The molecule has 2 aromatic rings. The standard InChI is InChI=1S/C19H32N8O/c1-4-6-20-19(21-7-8-27-15-22-23-18(27)5-2)26-11-9-25(10-12-26)14-17-13-16(3)28-24-17/h13,15H,4-12,14H2,1-3H3,(H,20,21). The first-order valence-electron chi connectivity index (χ1n) is 10.2. The highest BCUT2D eigenvalue weighted by Gasteiger charge is 2.20. The van der Waals surface area contributed by atoms with Gasteiger partial charge in [0, 0.05) is 64.8 Å². The fourth-order valence-electron chi connectivity index (χ4n) is 3.35. The molecule has 9 heteroatoms. The lowest BCUT2D eigenvalue weighted by molar-refractivity contribution is 0.168. The third-order valence-corrected chi connectivity index (χ3v) is 4.87. The molecule has 0 amide bonds. The van der Waals surface area contributed by atoms with E-state index in [1.807, 2.05) is 13.0 Å². The van der Waals surface area contributed by atoms with Gasteiger partial charge in [-0.05, 0) is 13.3 Å². The van der Waals surface area contributed by atoms with Crippen LogP contribution >= 0.6 is 0 Å². The van der Waals surface area contributed by atoms with Crippen molar-refractivity contribution >= 4 is 5.96 Å². The van der Waals surface area contributed by atoms with E-state index in [1.165, 1.54) is 0 Å². The lowest BCUT2D eigenvalue weighted by Crippen LogP contribution is -2.52. The summed E-state index contributed by atoms with van der Waals surface area (Å²) in [5, 5.41) is 15.8. The quantitative estimate of drug-likeness (QED) is 0.539. The molecule has 0 unspecified atom stereocenters. The van der Waals surface area contributed by atoms with Gasteiger partial charge in [-0.1, -0.05) is 19.0 Å². The van der Waals surface area contributed by atoms with Gasteiger partial charge in [-0.15, -0.1) is 10.2 Å². The second-order valence-electron chi connectivity index (χ2n) is 7.12. The number of hydrogen-bond donors (Lipinski definition) is 1. The molecular formula is C19H32N8O. The maximum atomic E-state index is 5.17. The van der Waals surface area contributed by atoms with Crippen LogP contribution in [0.15, 0.2) is 21.9 Å². The van der Waals surface area contributed by atoms with Crippen molar-refractivity contribution in [1.82, 2.24) is 35.0 Å². The Morgan fingerprint density at radius 1 is 1.25 bits per heavy atom. The molecule has 1 saturated heterocycles. The number of piperazine rings is 1. The molecule has 154 valence electrons. The van der Waals surface area contributed by atoms with Gasteiger partial charge < -0.3 is 19.3 Å². The van der Waals surface area contributed by atoms with E-state index in [4.69, 9.17) is 9.52 Å². The third-order valence-electron chi connectivity index (χ3n) is 4.87. The Labute approximate surface area is 166 Å². The SMILES string of the molecule is CCCN=C(NCCn1cnnc1CC)N1CCN(Cc2cc(C)on2)CC1. The zero-order chi connectivity index (χ0) is 19.8. The fourth-order valence-corrected chi connectivity index (χ4v) is 3.35. The molecule has 1 N–H and O–H groups in total. The van der Waals surface area contributed by atoms with Crippen molar-refractivity contribution < 1.29 is 4.52 Å². The summed E-state index contributed by atoms with van der Waals surface area (Å²) in [5.41, 5.74) is 1.00. The Morgan fingerprint density at radius 2 is 2.07 bits per heavy atom. The summed E-state index contributed by atoms with van der Waals surface area (Å²) in [6.45, 7) is 13.4. The van der Waals surface area contributed by atoms with Crippen LogP contribution in [-0.2, 0) is 19.5 Å². The van der Waals surface area contributed by atoms with Crippen LogP contribution in [0.4, 0.5) is 0 Å². The molecule has 0 radical (unpaired) electrons. The topological polar surface area (TPSA) is 87.6 Å². The molecule has 1 fully saturated rings. The zero-order valence-electron chi connectivity index (χ0n) is 17.3. The van der Waals surface area contributed by atoms with Crippen molar-refractivity contribution in [3.05, 3.63) is 29.7 Å². The largest absolute Gasteiger partial charge is 0.361 e. The van der Waals surface area contributed by atoms with Gasteiger partial charge in [0.25, 0.3) is 0 Å². The van der Waals surface area contributed by atoms with Crippen LogP contribution in [0.25, 0.3) is 0 Å². The minimum absolute atomic E-state index is 0.812. The molecule has 0 saturated carbocycles. The Hall–Kier alpha value is -2.42. The second kappa shape index (κ2) is 10.2. The molecule has 0 bridgehead atoms. The number of aliphatic imine (C=N–C) groups is 1. The molecule has 3 rings (SSSR count). The molecule has 1 aliphatic rings. The van der Waals surface area contributed by atoms with Crippen LogP contribution < -0.4 is 5.32 Å². The van der Waals surface area contributed by atoms with Crippen LogP contribution in [0.5, 0.6) is 0 Å². The number of nitrogens with one attached hydrogen (secondary N) is 1. The van der Waals surface area contributed by atoms with Gasteiger partial charge in [-0.25, -0.2) is 0 Å². The molecule has 0 atom stereocenters. The molecule has 9 nitrogen and oxygen atoms in total. The Morgan fingerprint density at radius 3 is 2.75 bits per heavy atom. The number of guanidine groups is 1. The van der Waals surface area contributed by atoms with Gasteiger partial charge in [0.2, 0.25) is 0 Å². The average Bonchev–Trinajstić information content (AvgIpc) is 3.33. The van der Waals surface area contributed by atoms with Gasteiger partial charge in [0.05, 0.1) is 5.69 Å². The van der Waals surface area contributed by atoms with Crippen molar-refractivity contribution in [2.75, 3.05) is 39.3 Å². The van der Waals surface area contributed by atoms with E-state index in [-0.39, 0.29) is 0 Å². The minimum Gasteiger partial charge on any atom is -0.361 e. The van der Waals surface area contributed by atoms with Crippen molar-refractivity contribution in [1.29, 1.82) is 0 Å². The third kappa shape index (κ3) is 5.54. The first kappa shape index (κ1) is 20.3. The van der Waals surface area contributed by atoms with Crippen LogP contribution in [0.2, 0.25) is 0 Å². The lowest BCUT2D eigenvalue weighted by atomic mass is 10.3. The predicted molar refractivity (Wildman–Crippen MR) is 108 cm³/mol. The molecule has 1 aliphatic heterocycles. The summed E-state index contributed by atoms with van der Waals surface area (Å²) in [5.74, 6) is 2.89. The van der Waals surface area contributed by atoms with E-state index < -0.39 is 0 Å². The molecule has 0 spiro atoms. The van der Waals surface area contributed by atoms with Gasteiger partial charge in [0.15, 0.2) is 5.96 Å². The van der Waals surface area contributed by atoms with Crippen LogP contribution in [-0.4, -0.2) is 74.9 Å². The Bertz CT molecular complexity index is 745. The number of aryl methyl sites for hydroxylation is 2. The van der Waals surface area contributed by atoms with Crippen molar-refractivity contribution in [3.8, 4) is 0 Å². The second-order valence-corrected chi connectivity index (χ2v) is 7.12. The smallest absolute Gasteiger partial charge is 0.194 e. The number of aromatic nitrogens is 4. The van der Waals surface area contributed by atoms with E-state index in [0.29, 0.717) is 0 Å². The highest BCUT2D eigenvalue weighted by atomic mass is 16.5. The van der Waals surface area contributed by atoms with E-state index in [0.717, 1.165) is 88.4 Å². The van der Waals surface area contributed by atoms with E-state index >= 15 is 0 Å². The molecule has 0 aromatic carbocycles. The molecular weight excluding hydrogens is 356 g/mol. The average molecular weight is 389 g/mol. The van der Waals surface area contributed by atoms with E-state index in [2.05, 4.69) is 48.9 Å². The summed E-state index contributed by atoms with van der Waals surface area (Å²) in [6.07, 6.45) is 3.74. The minimum atomic E-state index is 0.812. The Balaban J connectivity index is 1.49. The van der Waals surface area contributed by atoms with Crippen molar-refractivity contribution in [3.63, 3.8) is 0 Å². The molecule has 0 aliphatic carbocycles. The van der Waals surface area contributed by atoms with E-state index in [9.17, 15) is 0 Å². The summed E-state index contributed by atoms with van der Waals surface area (Å²) in [4.78, 5) is 9.55. The zero-order valence-corrected chi connectivity index (χ0v) is 17.3. The number of rotatable bonds is 8. The first-order valence-corrected chi connectivity index (χ1v) is 10.2. The first-order chi connectivity index (χ1) is 13.7. The maximum Gasteiger partial charge on any atom is 0.194 e. The number of nitrogens with zero attached hydrogens (tertiary/aromatic N) is 7. The fraction of sp³-hybridized carbons (Fsp3) is 0.684. The van der Waals surface area contributed by atoms with Gasteiger partial charge in [-0.3, -0.25) is 9.89 Å². The normalized spacial score (nSPS) is 16.0. The van der Waals surface area contributed by atoms with Crippen molar-refractivity contribution in [2.24, 2.45) is 4.99 Å². The molecule has 3 heterocycles. The van der Waals surface area contributed by atoms with Gasteiger partial charge in [0.1, 0.15) is 17.9 Å². The monoisotopic (exact) mass is 388 g/mol. The highest BCUT2D eigenvalue weighted by molar-refractivity contribution is 5.80. The van der Waals surface area contributed by atoms with Crippen LogP contribution in [0.1, 0.15) is 37.5 Å². The maximum absolute atomic E-state index is 5.17. The summed E-state index contributed by atoms with van der Waals surface area (Å²) < 4.78 is 7.27. The highest BCUT2D eigenvalue weighted by Crippen LogP contribution is 2.09. The number of hydrogen-bond acceptors (Lipinski definition) is 6. The molecule has 2 aromatic heterocycles. The Kier molecular flexibility index (Phi) is 7.41. The lowest BCUT2D eigenvalue weighted by Gasteiger charge is -2.36. The van der Waals surface area contributed by atoms with Crippen molar-refractivity contribution in [2.45, 2.75) is 46.7 Å². The summed E-state index contributed by atoms with van der Waals surface area (Å²) >= 11 is 0. The predicted octanol–water partition coefficient (Wildman–Crippen LogP) is 1.31. The van der Waals surface area contributed by atoms with E-state index in [1.54, 1.807) is 6.33 Å². The van der Waals surface area contributed by atoms with Gasteiger partial charge >= 0.3 is 0 Å². The summed E-state index contributed by atoms with van der Waals surface area (Å²) in [7, 11) is 0. The molecule has 28 heavy (non-hydrogen) atoms. The van der Waals surface area contributed by atoms with Crippen LogP contribution in [0, 0.1) is 6.92 Å². The van der Waals surface area contributed by atoms with Crippen LogP contribution in [0.3, 0.4) is 0 Å².